The van der Waals surface area contributed by atoms with Crippen molar-refractivity contribution in [3.05, 3.63) is 28.8 Å². The fourth-order valence-corrected chi connectivity index (χ4v) is 2.90. The highest BCUT2D eigenvalue weighted by atomic mass is 35.5. The Kier molecular flexibility index (Phi) is 4.72. The second-order valence-electron chi connectivity index (χ2n) is 3.95. The number of halogens is 1. The van der Waals surface area contributed by atoms with Crippen molar-refractivity contribution in [2.75, 3.05) is 6.54 Å². The second-order valence-corrected chi connectivity index (χ2v) is 6.10. The van der Waals surface area contributed by atoms with E-state index >= 15 is 0 Å². The minimum absolute atomic E-state index is 0.0626. The van der Waals surface area contributed by atoms with Crippen LogP contribution < -0.4 is 4.72 Å². The Labute approximate surface area is 111 Å². The van der Waals surface area contributed by atoms with Crippen LogP contribution in [0.3, 0.4) is 0 Å². The number of hydrogen-bond donors (Lipinski definition) is 2. The van der Waals surface area contributed by atoms with Crippen molar-refractivity contribution in [3.8, 4) is 0 Å². The largest absolute Gasteiger partial charge is 0.481 e. The summed E-state index contributed by atoms with van der Waals surface area (Å²) in [4.78, 5) is 10.7. The van der Waals surface area contributed by atoms with Crippen LogP contribution in [0, 0.1) is 12.8 Å². The van der Waals surface area contributed by atoms with Crippen LogP contribution in [-0.2, 0) is 14.8 Å². The van der Waals surface area contributed by atoms with Gasteiger partial charge >= 0.3 is 5.97 Å². The first kappa shape index (κ1) is 14.9. The Hall–Kier alpha value is -1.11. The van der Waals surface area contributed by atoms with Gasteiger partial charge in [-0.15, -0.1) is 0 Å². The Morgan fingerprint density at radius 2 is 2.11 bits per heavy atom. The van der Waals surface area contributed by atoms with Gasteiger partial charge in [0.05, 0.1) is 10.8 Å². The summed E-state index contributed by atoms with van der Waals surface area (Å²) in [6.45, 7) is 2.86. The standard InChI is InChI=1S/C11H14ClNO4S/c1-7(11(14)15)6-13-18(16,17)10-5-3-4-9(12)8(10)2/h3-5,7,13H,6H2,1-2H3,(H,14,15). The molecule has 0 fully saturated rings. The summed E-state index contributed by atoms with van der Waals surface area (Å²) in [7, 11) is -3.74. The Balaban J connectivity index is 2.94. The van der Waals surface area contributed by atoms with Crippen LogP contribution in [-0.4, -0.2) is 26.0 Å². The Morgan fingerprint density at radius 3 is 2.67 bits per heavy atom. The molecule has 0 bridgehead atoms. The van der Waals surface area contributed by atoms with E-state index in [1.54, 1.807) is 13.0 Å². The summed E-state index contributed by atoms with van der Waals surface area (Å²) in [5.41, 5.74) is 0.439. The molecule has 18 heavy (non-hydrogen) atoms. The van der Waals surface area contributed by atoms with Crippen LogP contribution in [0.5, 0.6) is 0 Å². The number of rotatable bonds is 5. The van der Waals surface area contributed by atoms with Gasteiger partial charge in [0.2, 0.25) is 10.0 Å². The van der Waals surface area contributed by atoms with Gasteiger partial charge in [0.15, 0.2) is 0 Å². The van der Waals surface area contributed by atoms with Crippen LogP contribution in [0.2, 0.25) is 5.02 Å². The third kappa shape index (κ3) is 3.44. The molecule has 1 unspecified atom stereocenters. The van der Waals surface area contributed by atoms with Crippen LogP contribution >= 0.6 is 11.6 Å². The van der Waals surface area contributed by atoms with Crippen LogP contribution in [0.4, 0.5) is 0 Å². The van der Waals surface area contributed by atoms with Crippen molar-refractivity contribution in [2.45, 2.75) is 18.7 Å². The minimum atomic E-state index is -3.74. The summed E-state index contributed by atoms with van der Waals surface area (Å²) in [6, 6.07) is 4.55. The number of carboxylic acid groups (broad SMARTS) is 1. The SMILES string of the molecule is Cc1c(Cl)cccc1S(=O)(=O)NCC(C)C(=O)O. The zero-order valence-corrected chi connectivity index (χ0v) is 11.5. The van der Waals surface area contributed by atoms with Gasteiger partial charge in [0.25, 0.3) is 0 Å². The maximum Gasteiger partial charge on any atom is 0.307 e. The molecule has 0 aliphatic heterocycles. The van der Waals surface area contributed by atoms with Crippen molar-refractivity contribution in [3.63, 3.8) is 0 Å². The second kappa shape index (κ2) is 5.69. The molecule has 7 heteroatoms. The molecule has 0 aliphatic rings. The van der Waals surface area contributed by atoms with E-state index in [1.807, 2.05) is 0 Å². The molecule has 0 amide bonds. The first-order valence-electron chi connectivity index (χ1n) is 5.23. The van der Waals surface area contributed by atoms with E-state index in [0.29, 0.717) is 10.6 Å². The molecule has 0 heterocycles. The number of aliphatic carboxylic acids is 1. The molecule has 0 saturated carbocycles. The van der Waals surface area contributed by atoms with E-state index in [1.165, 1.54) is 19.1 Å². The topological polar surface area (TPSA) is 83.5 Å². The first-order valence-corrected chi connectivity index (χ1v) is 7.09. The molecule has 0 spiro atoms. The maximum absolute atomic E-state index is 12.0. The monoisotopic (exact) mass is 291 g/mol. The summed E-state index contributed by atoms with van der Waals surface area (Å²) in [5.74, 6) is -1.85. The van der Waals surface area contributed by atoms with Crippen molar-refractivity contribution < 1.29 is 18.3 Å². The van der Waals surface area contributed by atoms with Gasteiger partial charge in [0.1, 0.15) is 0 Å². The number of sulfonamides is 1. The Morgan fingerprint density at radius 1 is 1.50 bits per heavy atom. The normalized spacial score (nSPS) is 13.3. The number of hydrogen-bond acceptors (Lipinski definition) is 3. The molecule has 1 aromatic carbocycles. The molecule has 0 radical (unpaired) electrons. The predicted octanol–water partition coefficient (Wildman–Crippen LogP) is 1.65. The molecule has 2 N–H and O–H groups in total. The summed E-state index contributed by atoms with van der Waals surface area (Å²) in [5, 5.41) is 9.04. The molecular formula is C11H14ClNO4S. The smallest absolute Gasteiger partial charge is 0.307 e. The van der Waals surface area contributed by atoms with Crippen molar-refractivity contribution >= 4 is 27.6 Å². The predicted molar refractivity (Wildman–Crippen MR) is 68.2 cm³/mol. The highest BCUT2D eigenvalue weighted by Gasteiger charge is 2.20. The van der Waals surface area contributed by atoms with E-state index in [9.17, 15) is 13.2 Å². The van der Waals surface area contributed by atoms with Gasteiger partial charge in [-0.25, -0.2) is 13.1 Å². The molecular weight excluding hydrogens is 278 g/mol. The lowest BCUT2D eigenvalue weighted by atomic mass is 10.2. The third-order valence-electron chi connectivity index (χ3n) is 2.51. The van der Waals surface area contributed by atoms with Crippen LogP contribution in [0.15, 0.2) is 23.1 Å². The van der Waals surface area contributed by atoms with Crippen LogP contribution in [0.25, 0.3) is 0 Å². The first-order chi connectivity index (χ1) is 8.25. The number of benzene rings is 1. The lowest BCUT2D eigenvalue weighted by Crippen LogP contribution is -2.31. The maximum atomic E-state index is 12.0. The molecule has 1 atom stereocenters. The number of nitrogens with one attached hydrogen (secondary N) is 1. The zero-order chi connectivity index (χ0) is 13.9. The molecule has 100 valence electrons. The van der Waals surface area contributed by atoms with E-state index < -0.39 is 21.9 Å². The highest BCUT2D eigenvalue weighted by molar-refractivity contribution is 7.89. The van der Waals surface area contributed by atoms with E-state index in [2.05, 4.69) is 4.72 Å². The number of carbonyl (C=O) groups is 1. The average molecular weight is 292 g/mol. The van der Waals surface area contributed by atoms with Crippen LogP contribution in [0.1, 0.15) is 12.5 Å². The van der Waals surface area contributed by atoms with Gasteiger partial charge in [-0.3, -0.25) is 4.79 Å². The van der Waals surface area contributed by atoms with E-state index in [-0.39, 0.29) is 11.4 Å². The van der Waals surface area contributed by atoms with Gasteiger partial charge in [-0.1, -0.05) is 24.6 Å². The van der Waals surface area contributed by atoms with Gasteiger partial charge < -0.3 is 5.11 Å². The Bertz CT molecular complexity index is 556. The molecule has 0 saturated heterocycles. The fourth-order valence-electron chi connectivity index (χ4n) is 1.28. The molecule has 1 aromatic rings. The van der Waals surface area contributed by atoms with E-state index in [4.69, 9.17) is 16.7 Å². The van der Waals surface area contributed by atoms with E-state index in [0.717, 1.165) is 0 Å². The van der Waals surface area contributed by atoms with Gasteiger partial charge in [-0.2, -0.15) is 0 Å². The molecule has 0 aliphatic carbocycles. The van der Waals surface area contributed by atoms with Crippen molar-refractivity contribution in [1.29, 1.82) is 0 Å². The lowest BCUT2D eigenvalue weighted by Gasteiger charge is -2.11. The third-order valence-corrected chi connectivity index (χ3v) is 4.49. The summed E-state index contributed by atoms with van der Waals surface area (Å²) in [6.07, 6.45) is 0. The molecule has 1 rings (SSSR count). The highest BCUT2D eigenvalue weighted by Crippen LogP contribution is 2.22. The van der Waals surface area contributed by atoms with Crippen molar-refractivity contribution in [2.24, 2.45) is 5.92 Å². The minimum Gasteiger partial charge on any atom is -0.481 e. The zero-order valence-electron chi connectivity index (χ0n) is 9.97. The quantitative estimate of drug-likeness (QED) is 0.864. The molecule has 5 nitrogen and oxygen atoms in total. The fraction of sp³-hybridized carbons (Fsp3) is 0.364. The summed E-state index contributed by atoms with van der Waals surface area (Å²) >= 11 is 5.85. The lowest BCUT2D eigenvalue weighted by molar-refractivity contribution is -0.140. The summed E-state index contributed by atoms with van der Waals surface area (Å²) < 4.78 is 26.2. The van der Waals surface area contributed by atoms with Crippen molar-refractivity contribution in [1.82, 2.24) is 4.72 Å². The van der Waals surface area contributed by atoms with Gasteiger partial charge in [-0.05, 0) is 24.6 Å². The van der Waals surface area contributed by atoms with Gasteiger partial charge in [0, 0.05) is 11.6 Å². The molecule has 0 aromatic heterocycles. The number of carboxylic acids is 1. The average Bonchev–Trinajstić information content (AvgIpc) is 2.29.